The highest BCUT2D eigenvalue weighted by Crippen LogP contribution is 2.16. The summed E-state index contributed by atoms with van der Waals surface area (Å²) in [7, 11) is 1.77. The Morgan fingerprint density at radius 3 is 2.65 bits per heavy atom. The number of hydrogen-bond donors (Lipinski definition) is 2. The number of aliphatic imine (C=N–C) groups is 1. The predicted octanol–water partition coefficient (Wildman–Crippen LogP) is 2.47. The molecule has 8 heteroatoms. The van der Waals surface area contributed by atoms with Crippen molar-refractivity contribution < 1.29 is 4.52 Å². The Morgan fingerprint density at radius 1 is 1.31 bits per heavy atom. The normalized spacial score (nSPS) is 16.7. The molecule has 26 heavy (non-hydrogen) atoms. The van der Waals surface area contributed by atoms with Gasteiger partial charge >= 0.3 is 0 Å². The summed E-state index contributed by atoms with van der Waals surface area (Å²) in [4.78, 5) is 11.0. The minimum absolute atomic E-state index is 0.423. The molecule has 0 bridgehead atoms. The van der Waals surface area contributed by atoms with Crippen LogP contribution >= 0.6 is 15.9 Å². The van der Waals surface area contributed by atoms with Gasteiger partial charge in [-0.15, -0.1) is 0 Å². The van der Waals surface area contributed by atoms with Crippen LogP contribution in [0.5, 0.6) is 0 Å². The molecule has 0 amide bonds. The van der Waals surface area contributed by atoms with Crippen LogP contribution in [-0.4, -0.2) is 47.2 Å². The van der Waals surface area contributed by atoms with Crippen molar-refractivity contribution in [3.8, 4) is 0 Å². The summed E-state index contributed by atoms with van der Waals surface area (Å²) in [5.74, 6) is 1.98. The first-order valence-electron chi connectivity index (χ1n) is 8.85. The molecule has 0 radical (unpaired) electrons. The van der Waals surface area contributed by atoms with E-state index in [1.54, 1.807) is 7.05 Å². The molecule has 1 saturated heterocycles. The van der Waals surface area contributed by atoms with Gasteiger partial charge in [-0.3, -0.25) is 9.89 Å². The first-order chi connectivity index (χ1) is 12.6. The van der Waals surface area contributed by atoms with Gasteiger partial charge in [0, 0.05) is 37.2 Å². The molecule has 140 valence electrons. The van der Waals surface area contributed by atoms with E-state index in [-0.39, 0.29) is 0 Å². The maximum absolute atomic E-state index is 5.11. The lowest BCUT2D eigenvalue weighted by atomic mass is 10.0. The van der Waals surface area contributed by atoms with E-state index in [9.17, 15) is 0 Å². The highest BCUT2D eigenvalue weighted by atomic mass is 79.9. The van der Waals surface area contributed by atoms with Gasteiger partial charge in [0.15, 0.2) is 11.8 Å². The van der Waals surface area contributed by atoms with Crippen LogP contribution in [0.25, 0.3) is 0 Å². The van der Waals surface area contributed by atoms with E-state index >= 15 is 0 Å². The zero-order valence-electron chi connectivity index (χ0n) is 15.2. The zero-order valence-corrected chi connectivity index (χ0v) is 16.8. The quantitative estimate of drug-likeness (QED) is 0.571. The highest BCUT2D eigenvalue weighted by molar-refractivity contribution is 9.10. The Bertz CT molecular complexity index is 722. The number of halogens is 1. The van der Waals surface area contributed by atoms with Gasteiger partial charge < -0.3 is 15.2 Å². The maximum Gasteiger partial charge on any atom is 0.246 e. The minimum atomic E-state index is 0.423. The number of aryl methyl sites for hydroxylation is 1. The third kappa shape index (κ3) is 5.54. The highest BCUT2D eigenvalue weighted by Gasteiger charge is 2.20. The second-order valence-corrected chi connectivity index (χ2v) is 7.40. The van der Waals surface area contributed by atoms with Crippen LogP contribution in [0.1, 0.15) is 30.1 Å². The number of likely N-dealkylation sites (tertiary alicyclic amines) is 1. The van der Waals surface area contributed by atoms with Crippen molar-refractivity contribution in [1.29, 1.82) is 0 Å². The summed E-state index contributed by atoms with van der Waals surface area (Å²) in [6.45, 7) is 5.44. The van der Waals surface area contributed by atoms with Crippen molar-refractivity contribution in [3.63, 3.8) is 0 Å². The predicted molar refractivity (Wildman–Crippen MR) is 105 cm³/mol. The molecule has 2 aromatic rings. The van der Waals surface area contributed by atoms with E-state index in [1.807, 2.05) is 6.92 Å². The molecule has 7 nitrogen and oxygen atoms in total. The average Bonchev–Trinajstić information content (AvgIpc) is 3.07. The van der Waals surface area contributed by atoms with Crippen molar-refractivity contribution in [1.82, 2.24) is 25.7 Å². The van der Waals surface area contributed by atoms with E-state index < -0.39 is 0 Å². The lowest BCUT2D eigenvalue weighted by Crippen LogP contribution is -2.48. The molecule has 0 saturated carbocycles. The number of guanidine groups is 1. The fraction of sp³-hybridized carbons (Fsp3) is 0.500. The summed E-state index contributed by atoms with van der Waals surface area (Å²) in [6.07, 6.45) is 2.19. The number of aromatic nitrogens is 2. The van der Waals surface area contributed by atoms with Crippen LogP contribution in [0, 0.1) is 6.92 Å². The fourth-order valence-electron chi connectivity index (χ4n) is 3.04. The number of rotatable bonds is 5. The Labute approximate surface area is 162 Å². The topological polar surface area (TPSA) is 78.6 Å². The summed E-state index contributed by atoms with van der Waals surface area (Å²) >= 11 is 3.48. The van der Waals surface area contributed by atoms with Crippen LogP contribution in [0.3, 0.4) is 0 Å². The molecular formula is C18H25BrN6O. The molecule has 2 heterocycles. The second-order valence-electron chi connectivity index (χ2n) is 6.48. The summed E-state index contributed by atoms with van der Waals surface area (Å²) in [6, 6.07) is 8.99. The summed E-state index contributed by atoms with van der Waals surface area (Å²) in [5, 5.41) is 10.5. The van der Waals surface area contributed by atoms with Crippen molar-refractivity contribution in [2.75, 3.05) is 20.1 Å². The van der Waals surface area contributed by atoms with Crippen LogP contribution in [-0.2, 0) is 13.1 Å². The van der Waals surface area contributed by atoms with Crippen molar-refractivity contribution >= 4 is 21.9 Å². The van der Waals surface area contributed by atoms with Gasteiger partial charge in [0.1, 0.15) is 0 Å². The van der Waals surface area contributed by atoms with Gasteiger partial charge in [-0.05, 0) is 37.5 Å². The largest absolute Gasteiger partial charge is 0.354 e. The number of nitrogens with one attached hydrogen (secondary N) is 2. The molecule has 1 aromatic heterocycles. The molecule has 1 aliphatic rings. The van der Waals surface area contributed by atoms with Gasteiger partial charge in [0.25, 0.3) is 0 Å². The first-order valence-corrected chi connectivity index (χ1v) is 9.65. The Morgan fingerprint density at radius 2 is 2.04 bits per heavy atom. The van der Waals surface area contributed by atoms with Crippen LogP contribution in [0.15, 0.2) is 38.3 Å². The zero-order chi connectivity index (χ0) is 18.4. The molecule has 3 rings (SSSR count). The average molecular weight is 421 g/mol. The summed E-state index contributed by atoms with van der Waals surface area (Å²) < 4.78 is 6.23. The molecule has 2 N–H and O–H groups in total. The smallest absolute Gasteiger partial charge is 0.246 e. The third-order valence-corrected chi connectivity index (χ3v) is 4.98. The lowest BCUT2D eigenvalue weighted by molar-refractivity contribution is 0.198. The standard InChI is InChI=1S/C18H25BrN6O/c1-13-22-17(26-24-13)11-21-18(20-2)23-16-7-9-25(10-8-16)12-14-3-5-15(19)6-4-14/h3-6,16H,7-12H2,1-2H3,(H2,20,21,23). The number of nitrogens with zero attached hydrogens (tertiary/aromatic N) is 4. The number of piperidine rings is 1. The van der Waals surface area contributed by atoms with Gasteiger partial charge in [0.05, 0.1) is 6.54 Å². The van der Waals surface area contributed by atoms with Gasteiger partial charge in [-0.25, -0.2) is 0 Å². The van der Waals surface area contributed by atoms with Crippen LogP contribution in [0.2, 0.25) is 0 Å². The Hall–Kier alpha value is -1.93. The van der Waals surface area contributed by atoms with Gasteiger partial charge in [-0.1, -0.05) is 33.2 Å². The molecular weight excluding hydrogens is 396 g/mol. The monoisotopic (exact) mass is 420 g/mol. The molecule has 0 unspecified atom stereocenters. The SMILES string of the molecule is CN=C(NCc1nc(C)no1)NC1CCN(Cc2ccc(Br)cc2)CC1. The molecule has 1 fully saturated rings. The van der Waals surface area contributed by atoms with Crippen LogP contribution < -0.4 is 10.6 Å². The van der Waals surface area contributed by atoms with Crippen LogP contribution in [0.4, 0.5) is 0 Å². The van der Waals surface area contributed by atoms with E-state index in [0.717, 1.165) is 42.9 Å². The van der Waals surface area contributed by atoms with Gasteiger partial charge in [0.2, 0.25) is 5.89 Å². The molecule has 0 aliphatic carbocycles. The lowest BCUT2D eigenvalue weighted by Gasteiger charge is -2.33. The third-order valence-electron chi connectivity index (χ3n) is 4.45. The van der Waals surface area contributed by atoms with Crippen molar-refractivity contribution in [2.45, 2.75) is 38.9 Å². The minimum Gasteiger partial charge on any atom is -0.354 e. The molecule has 0 spiro atoms. The molecule has 1 aliphatic heterocycles. The Kier molecular flexibility index (Phi) is 6.62. The number of benzene rings is 1. The van der Waals surface area contributed by atoms with Crippen molar-refractivity contribution in [3.05, 3.63) is 46.0 Å². The number of hydrogen-bond acceptors (Lipinski definition) is 5. The fourth-order valence-corrected chi connectivity index (χ4v) is 3.31. The van der Waals surface area contributed by atoms with Crippen molar-refractivity contribution in [2.24, 2.45) is 4.99 Å². The maximum atomic E-state index is 5.11. The molecule has 0 atom stereocenters. The van der Waals surface area contributed by atoms with E-state index in [2.05, 4.69) is 70.9 Å². The second kappa shape index (κ2) is 9.14. The Balaban J connectivity index is 1.41. The molecule has 1 aromatic carbocycles. The summed E-state index contributed by atoms with van der Waals surface area (Å²) in [5.41, 5.74) is 1.35. The van der Waals surface area contributed by atoms with E-state index in [0.29, 0.717) is 24.3 Å². The van der Waals surface area contributed by atoms with E-state index in [1.165, 1.54) is 5.56 Å². The van der Waals surface area contributed by atoms with E-state index in [4.69, 9.17) is 4.52 Å². The first kappa shape index (κ1) is 18.8. The van der Waals surface area contributed by atoms with Gasteiger partial charge in [-0.2, -0.15) is 4.98 Å².